The van der Waals surface area contributed by atoms with Crippen LogP contribution >= 0.6 is 0 Å². The Bertz CT molecular complexity index is 600. The molecule has 0 unspecified atom stereocenters. The van der Waals surface area contributed by atoms with Crippen molar-refractivity contribution < 1.29 is 18.3 Å². The first kappa shape index (κ1) is 15.0. The van der Waals surface area contributed by atoms with Crippen molar-refractivity contribution in [3.05, 3.63) is 35.4 Å². The van der Waals surface area contributed by atoms with Gasteiger partial charge in [0.25, 0.3) is 10.2 Å². The van der Waals surface area contributed by atoms with E-state index in [1.54, 1.807) is 0 Å². The standard InChI is InChI=1S/C13H18N2O4S/c1-14(8-7-13(16)17)20(18,19)15-9-6-11-4-2-3-5-12(11)10-15/h2-5H,6-10H2,1H3,(H,16,17). The molecular formula is C13H18N2O4S. The Labute approximate surface area is 118 Å². The van der Waals surface area contributed by atoms with Gasteiger partial charge in [-0.2, -0.15) is 17.0 Å². The molecule has 6 nitrogen and oxygen atoms in total. The fourth-order valence-electron chi connectivity index (χ4n) is 2.23. The first-order valence-electron chi connectivity index (χ1n) is 6.41. The van der Waals surface area contributed by atoms with Gasteiger partial charge in [0.05, 0.1) is 6.42 Å². The highest BCUT2D eigenvalue weighted by atomic mass is 32.2. The summed E-state index contributed by atoms with van der Waals surface area (Å²) in [7, 11) is -2.18. The lowest BCUT2D eigenvalue weighted by Crippen LogP contribution is -2.44. The van der Waals surface area contributed by atoms with Crippen molar-refractivity contribution in [1.82, 2.24) is 8.61 Å². The average molecular weight is 298 g/mol. The minimum atomic E-state index is -3.60. The molecule has 0 spiro atoms. The van der Waals surface area contributed by atoms with Crippen molar-refractivity contribution in [2.75, 3.05) is 20.1 Å². The summed E-state index contributed by atoms with van der Waals surface area (Å²) in [5, 5.41) is 8.63. The smallest absolute Gasteiger partial charge is 0.304 e. The van der Waals surface area contributed by atoms with E-state index in [1.807, 2.05) is 24.3 Å². The highest BCUT2D eigenvalue weighted by Crippen LogP contribution is 2.22. The number of carboxylic acids is 1. The van der Waals surface area contributed by atoms with Crippen molar-refractivity contribution in [3.63, 3.8) is 0 Å². The molecule has 1 aromatic rings. The molecule has 0 amide bonds. The van der Waals surface area contributed by atoms with Gasteiger partial charge in [-0.15, -0.1) is 0 Å². The van der Waals surface area contributed by atoms with E-state index < -0.39 is 16.2 Å². The van der Waals surface area contributed by atoms with E-state index in [9.17, 15) is 13.2 Å². The maximum Gasteiger partial charge on any atom is 0.304 e. The van der Waals surface area contributed by atoms with Crippen molar-refractivity contribution in [2.24, 2.45) is 0 Å². The molecule has 0 bridgehead atoms. The molecule has 2 rings (SSSR count). The number of fused-ring (bicyclic) bond motifs is 1. The predicted molar refractivity (Wildman–Crippen MR) is 74.4 cm³/mol. The Morgan fingerprint density at radius 2 is 2.00 bits per heavy atom. The van der Waals surface area contributed by atoms with Gasteiger partial charge >= 0.3 is 5.97 Å². The van der Waals surface area contributed by atoms with E-state index in [1.165, 1.54) is 16.9 Å². The zero-order valence-electron chi connectivity index (χ0n) is 11.3. The van der Waals surface area contributed by atoms with E-state index in [0.29, 0.717) is 19.5 Å². The lowest BCUT2D eigenvalue weighted by atomic mass is 10.0. The van der Waals surface area contributed by atoms with Crippen LogP contribution < -0.4 is 0 Å². The third kappa shape index (κ3) is 3.17. The molecule has 1 aliphatic heterocycles. The zero-order chi connectivity index (χ0) is 14.8. The highest BCUT2D eigenvalue weighted by molar-refractivity contribution is 7.86. The van der Waals surface area contributed by atoms with Crippen molar-refractivity contribution >= 4 is 16.2 Å². The molecule has 0 saturated carbocycles. The quantitative estimate of drug-likeness (QED) is 0.868. The van der Waals surface area contributed by atoms with Crippen LogP contribution in [0.2, 0.25) is 0 Å². The topological polar surface area (TPSA) is 77.9 Å². The highest BCUT2D eigenvalue weighted by Gasteiger charge is 2.30. The van der Waals surface area contributed by atoms with Gasteiger partial charge in [-0.25, -0.2) is 0 Å². The second-order valence-electron chi connectivity index (χ2n) is 4.83. The summed E-state index contributed by atoms with van der Waals surface area (Å²) in [6.45, 7) is 0.752. The van der Waals surface area contributed by atoms with Gasteiger partial charge in [-0.3, -0.25) is 4.79 Å². The maximum atomic E-state index is 12.4. The summed E-state index contributed by atoms with van der Waals surface area (Å²) < 4.78 is 27.2. The van der Waals surface area contributed by atoms with Gasteiger partial charge in [-0.05, 0) is 17.5 Å². The lowest BCUT2D eigenvalue weighted by Gasteiger charge is -2.31. The van der Waals surface area contributed by atoms with Crippen LogP contribution in [-0.4, -0.2) is 48.2 Å². The van der Waals surface area contributed by atoms with Gasteiger partial charge in [0.2, 0.25) is 0 Å². The van der Waals surface area contributed by atoms with Gasteiger partial charge < -0.3 is 5.11 Å². The van der Waals surface area contributed by atoms with Gasteiger partial charge in [0.1, 0.15) is 0 Å². The van der Waals surface area contributed by atoms with E-state index in [0.717, 1.165) is 9.87 Å². The fraction of sp³-hybridized carbons (Fsp3) is 0.462. The van der Waals surface area contributed by atoms with Crippen molar-refractivity contribution in [2.45, 2.75) is 19.4 Å². The number of hydrogen-bond donors (Lipinski definition) is 1. The summed E-state index contributed by atoms with van der Waals surface area (Å²) in [5.41, 5.74) is 2.18. The van der Waals surface area contributed by atoms with Crippen LogP contribution in [0, 0.1) is 0 Å². The third-order valence-electron chi connectivity index (χ3n) is 3.46. The van der Waals surface area contributed by atoms with Crippen LogP contribution in [0.3, 0.4) is 0 Å². The molecular weight excluding hydrogens is 280 g/mol. The average Bonchev–Trinajstić information content (AvgIpc) is 2.44. The fourth-order valence-corrected chi connectivity index (χ4v) is 3.57. The van der Waals surface area contributed by atoms with E-state index in [4.69, 9.17) is 5.11 Å². The monoisotopic (exact) mass is 298 g/mol. The molecule has 0 radical (unpaired) electrons. The second-order valence-corrected chi connectivity index (χ2v) is 6.86. The van der Waals surface area contributed by atoms with Crippen molar-refractivity contribution in [1.29, 1.82) is 0 Å². The first-order valence-corrected chi connectivity index (χ1v) is 7.81. The summed E-state index contributed by atoms with van der Waals surface area (Å²) in [6, 6.07) is 7.77. The van der Waals surface area contributed by atoms with Gasteiger partial charge in [-0.1, -0.05) is 24.3 Å². The second kappa shape index (κ2) is 5.90. The predicted octanol–water partition coefficient (Wildman–Crippen LogP) is 0.696. The Hall–Kier alpha value is -1.44. The van der Waals surface area contributed by atoms with Gasteiger partial charge in [0.15, 0.2) is 0 Å². The summed E-state index contributed by atoms with van der Waals surface area (Å²) in [4.78, 5) is 10.5. The minimum absolute atomic E-state index is 0.0180. The minimum Gasteiger partial charge on any atom is -0.481 e. The van der Waals surface area contributed by atoms with Crippen LogP contribution in [0.4, 0.5) is 0 Å². The molecule has 0 saturated heterocycles. The molecule has 0 aliphatic carbocycles. The number of aliphatic carboxylic acids is 1. The van der Waals surface area contributed by atoms with Crippen LogP contribution in [0.25, 0.3) is 0 Å². The molecule has 1 aromatic carbocycles. The zero-order valence-corrected chi connectivity index (χ0v) is 12.1. The summed E-state index contributed by atoms with van der Waals surface area (Å²) in [6.07, 6.45) is 0.488. The molecule has 0 fully saturated rings. The molecule has 7 heteroatoms. The number of nitrogens with zero attached hydrogens (tertiary/aromatic N) is 2. The van der Waals surface area contributed by atoms with Crippen LogP contribution in [0.5, 0.6) is 0 Å². The molecule has 0 aromatic heterocycles. The van der Waals surface area contributed by atoms with Crippen LogP contribution in [0.1, 0.15) is 17.5 Å². The molecule has 1 aliphatic rings. The van der Waals surface area contributed by atoms with Crippen molar-refractivity contribution in [3.8, 4) is 0 Å². The number of rotatable bonds is 5. The molecule has 0 atom stereocenters. The third-order valence-corrected chi connectivity index (χ3v) is 5.39. The summed E-state index contributed by atoms with van der Waals surface area (Å²) >= 11 is 0. The van der Waals surface area contributed by atoms with Crippen LogP contribution in [-0.2, 0) is 28.0 Å². The Morgan fingerprint density at radius 3 is 2.65 bits per heavy atom. The number of carboxylic acid groups (broad SMARTS) is 1. The van der Waals surface area contributed by atoms with Crippen LogP contribution in [0.15, 0.2) is 24.3 Å². The molecule has 110 valence electrons. The largest absolute Gasteiger partial charge is 0.481 e. The Kier molecular flexibility index (Phi) is 4.42. The van der Waals surface area contributed by atoms with E-state index >= 15 is 0 Å². The molecule has 1 heterocycles. The van der Waals surface area contributed by atoms with E-state index in [2.05, 4.69) is 0 Å². The maximum absolute atomic E-state index is 12.4. The lowest BCUT2D eigenvalue weighted by molar-refractivity contribution is -0.137. The molecule has 20 heavy (non-hydrogen) atoms. The van der Waals surface area contributed by atoms with Gasteiger partial charge in [0, 0.05) is 26.7 Å². The summed E-state index contributed by atoms with van der Waals surface area (Å²) in [5.74, 6) is -1.00. The van der Waals surface area contributed by atoms with E-state index in [-0.39, 0.29) is 13.0 Å². The Morgan fingerprint density at radius 1 is 1.35 bits per heavy atom. The number of hydrogen-bond acceptors (Lipinski definition) is 3. The molecule has 1 N–H and O–H groups in total. The number of carbonyl (C=O) groups is 1. The Balaban J connectivity index is 2.10. The first-order chi connectivity index (χ1) is 9.41. The normalized spacial score (nSPS) is 16.1. The SMILES string of the molecule is CN(CCC(=O)O)S(=O)(=O)N1CCc2ccccc2C1. The number of benzene rings is 1.